The molecule has 7 nitrogen and oxygen atoms in total. The zero-order chi connectivity index (χ0) is 18.3. The summed E-state index contributed by atoms with van der Waals surface area (Å²) in [5, 5.41) is 2.67. The number of likely N-dealkylation sites (tertiary alicyclic amines) is 1. The van der Waals surface area contributed by atoms with Crippen LogP contribution in [0, 0.1) is 11.3 Å². The molecule has 0 aliphatic carbocycles. The minimum Gasteiger partial charge on any atom is -0.379 e. The van der Waals surface area contributed by atoms with Crippen molar-refractivity contribution in [1.29, 1.82) is 0 Å². The highest BCUT2D eigenvalue weighted by Gasteiger charge is 2.44. The third-order valence-electron chi connectivity index (χ3n) is 4.02. The first-order valence-corrected chi connectivity index (χ1v) is 8.31. The number of ether oxygens (including phenoxy) is 1. The molecule has 0 radical (unpaired) electrons. The Morgan fingerprint density at radius 3 is 2.42 bits per heavy atom. The molecule has 7 heteroatoms. The van der Waals surface area contributed by atoms with Gasteiger partial charge in [-0.2, -0.15) is 0 Å². The number of nitrogens with one attached hydrogen (secondary N) is 1. The predicted octanol–water partition coefficient (Wildman–Crippen LogP) is 0.910. The highest BCUT2D eigenvalue weighted by molar-refractivity contribution is 6.04. The average Bonchev–Trinajstić information content (AvgIpc) is 2.75. The summed E-state index contributed by atoms with van der Waals surface area (Å²) in [5.41, 5.74) is -0.263. The predicted molar refractivity (Wildman–Crippen MR) is 88.0 cm³/mol. The molecule has 24 heavy (non-hydrogen) atoms. The lowest BCUT2D eigenvalue weighted by molar-refractivity contribution is -0.140. The third kappa shape index (κ3) is 6.39. The fraction of sp³-hybridized carbons (Fsp3) is 0.765. The quantitative estimate of drug-likeness (QED) is 0.497. The molecule has 0 saturated carbocycles. The summed E-state index contributed by atoms with van der Waals surface area (Å²) < 4.78 is 5.20. The van der Waals surface area contributed by atoms with Gasteiger partial charge in [-0.25, -0.2) is 0 Å². The van der Waals surface area contributed by atoms with Gasteiger partial charge in [-0.05, 0) is 12.3 Å². The molecule has 1 fully saturated rings. The van der Waals surface area contributed by atoms with Crippen LogP contribution in [0.1, 0.15) is 47.0 Å². The van der Waals surface area contributed by atoms with Crippen molar-refractivity contribution in [3.05, 3.63) is 0 Å². The second-order valence-corrected chi connectivity index (χ2v) is 7.17. The van der Waals surface area contributed by atoms with Crippen molar-refractivity contribution in [3.8, 4) is 0 Å². The van der Waals surface area contributed by atoms with E-state index in [2.05, 4.69) is 5.32 Å². The Bertz CT molecular complexity index is 496. The molecule has 136 valence electrons. The van der Waals surface area contributed by atoms with E-state index in [-0.39, 0.29) is 54.2 Å². The molecular weight excluding hydrogens is 312 g/mol. The number of amides is 3. The fourth-order valence-corrected chi connectivity index (χ4v) is 2.48. The maximum absolute atomic E-state index is 12.3. The third-order valence-corrected chi connectivity index (χ3v) is 4.02. The summed E-state index contributed by atoms with van der Waals surface area (Å²) in [6, 6.07) is 0. The summed E-state index contributed by atoms with van der Waals surface area (Å²) in [7, 11) is 0. The maximum Gasteiger partial charge on any atom is 0.233 e. The van der Waals surface area contributed by atoms with Crippen molar-refractivity contribution < 1.29 is 23.9 Å². The normalized spacial score (nSPS) is 18.2. The number of ketones is 1. The van der Waals surface area contributed by atoms with Gasteiger partial charge in [0.25, 0.3) is 0 Å². The number of nitrogens with zero attached hydrogens (tertiary/aromatic N) is 1. The molecule has 0 spiro atoms. The van der Waals surface area contributed by atoms with Gasteiger partial charge in [-0.3, -0.25) is 24.1 Å². The van der Waals surface area contributed by atoms with Gasteiger partial charge in [-0.15, -0.1) is 0 Å². The Hall–Kier alpha value is -1.76. The summed E-state index contributed by atoms with van der Waals surface area (Å²) >= 11 is 0. The highest BCUT2D eigenvalue weighted by atomic mass is 16.5. The molecule has 1 rings (SSSR count). The second kappa shape index (κ2) is 8.92. The van der Waals surface area contributed by atoms with E-state index in [1.807, 2.05) is 20.8 Å². The number of imide groups is 1. The van der Waals surface area contributed by atoms with Crippen LogP contribution in [0.5, 0.6) is 0 Å². The van der Waals surface area contributed by atoms with E-state index in [0.29, 0.717) is 26.2 Å². The Morgan fingerprint density at radius 2 is 1.88 bits per heavy atom. The van der Waals surface area contributed by atoms with Crippen LogP contribution in [-0.4, -0.2) is 54.7 Å². The average molecular weight is 340 g/mol. The van der Waals surface area contributed by atoms with Gasteiger partial charge in [0.1, 0.15) is 5.78 Å². The van der Waals surface area contributed by atoms with Crippen molar-refractivity contribution in [3.63, 3.8) is 0 Å². The maximum atomic E-state index is 12.3. The van der Waals surface area contributed by atoms with Crippen molar-refractivity contribution >= 4 is 23.5 Å². The SMILES string of the molecule is CC(=O)CCOCCNC(=O)CCN1C(=O)CC(C(C)(C)C)C1=O. The molecular formula is C17H28N2O5. The van der Waals surface area contributed by atoms with Crippen LogP contribution < -0.4 is 5.32 Å². The van der Waals surface area contributed by atoms with E-state index in [0.717, 1.165) is 0 Å². The van der Waals surface area contributed by atoms with Gasteiger partial charge >= 0.3 is 0 Å². The first kappa shape index (κ1) is 20.3. The van der Waals surface area contributed by atoms with Crippen molar-refractivity contribution in [2.45, 2.75) is 47.0 Å². The van der Waals surface area contributed by atoms with Crippen molar-refractivity contribution in [1.82, 2.24) is 10.2 Å². The van der Waals surface area contributed by atoms with Gasteiger partial charge in [0.05, 0.1) is 19.1 Å². The summed E-state index contributed by atoms with van der Waals surface area (Å²) in [5.74, 6) is -0.881. The molecule has 0 bridgehead atoms. The lowest BCUT2D eigenvalue weighted by atomic mass is 9.80. The van der Waals surface area contributed by atoms with E-state index in [4.69, 9.17) is 4.74 Å². The highest BCUT2D eigenvalue weighted by Crippen LogP contribution is 2.35. The van der Waals surface area contributed by atoms with Crippen LogP contribution in [-0.2, 0) is 23.9 Å². The Kier molecular flexibility index (Phi) is 7.54. The molecule has 1 heterocycles. The molecule has 0 aromatic rings. The molecule has 3 amide bonds. The van der Waals surface area contributed by atoms with E-state index < -0.39 is 0 Å². The van der Waals surface area contributed by atoms with Crippen LogP contribution in [0.2, 0.25) is 0 Å². The van der Waals surface area contributed by atoms with Crippen molar-refractivity contribution in [2.75, 3.05) is 26.3 Å². The zero-order valence-corrected chi connectivity index (χ0v) is 15.0. The standard InChI is InChI=1S/C17H28N2O5/c1-12(20)6-9-24-10-7-18-14(21)5-8-19-15(22)11-13(16(19)23)17(2,3)4/h13H,5-11H2,1-4H3,(H,18,21). The minimum absolute atomic E-state index is 0.0625. The summed E-state index contributed by atoms with van der Waals surface area (Å²) in [6.07, 6.45) is 0.664. The van der Waals surface area contributed by atoms with E-state index in [9.17, 15) is 19.2 Å². The molecule has 1 aliphatic rings. The summed E-state index contributed by atoms with van der Waals surface area (Å²) in [4.78, 5) is 47.9. The minimum atomic E-state index is -0.317. The van der Waals surface area contributed by atoms with Gasteiger partial charge in [0.15, 0.2) is 0 Å². The number of hydrogen-bond donors (Lipinski definition) is 1. The van der Waals surface area contributed by atoms with E-state index in [1.165, 1.54) is 11.8 Å². The molecule has 1 unspecified atom stereocenters. The lowest BCUT2D eigenvalue weighted by Gasteiger charge is -2.24. The van der Waals surface area contributed by atoms with E-state index in [1.54, 1.807) is 0 Å². The second-order valence-electron chi connectivity index (χ2n) is 7.17. The van der Waals surface area contributed by atoms with Gasteiger partial charge in [0, 0.05) is 32.4 Å². The van der Waals surface area contributed by atoms with Crippen LogP contribution in [0.4, 0.5) is 0 Å². The first-order valence-electron chi connectivity index (χ1n) is 8.31. The van der Waals surface area contributed by atoms with Crippen LogP contribution in [0.15, 0.2) is 0 Å². The molecule has 1 N–H and O–H groups in total. The Balaban J connectivity index is 2.26. The number of hydrogen-bond acceptors (Lipinski definition) is 5. The molecule has 1 atom stereocenters. The molecule has 0 aromatic heterocycles. The zero-order valence-electron chi connectivity index (χ0n) is 15.0. The van der Waals surface area contributed by atoms with Gasteiger partial charge in [0.2, 0.25) is 17.7 Å². The number of rotatable bonds is 9. The topological polar surface area (TPSA) is 92.8 Å². The Morgan fingerprint density at radius 1 is 1.21 bits per heavy atom. The largest absolute Gasteiger partial charge is 0.379 e. The van der Waals surface area contributed by atoms with E-state index >= 15 is 0 Å². The van der Waals surface area contributed by atoms with Crippen molar-refractivity contribution in [2.24, 2.45) is 11.3 Å². The number of carbonyl (C=O) groups excluding carboxylic acids is 4. The summed E-state index contributed by atoms with van der Waals surface area (Å²) in [6.45, 7) is 8.42. The number of Topliss-reactive ketones (excluding diaryl/α,β-unsaturated/α-hetero) is 1. The lowest BCUT2D eigenvalue weighted by Crippen LogP contribution is -2.37. The Labute approximate surface area is 143 Å². The number of carbonyl (C=O) groups is 4. The smallest absolute Gasteiger partial charge is 0.233 e. The molecule has 1 aliphatic heterocycles. The molecule has 0 aromatic carbocycles. The first-order chi connectivity index (χ1) is 11.1. The fourth-order valence-electron chi connectivity index (χ4n) is 2.48. The van der Waals surface area contributed by atoms with Crippen LogP contribution >= 0.6 is 0 Å². The van der Waals surface area contributed by atoms with Gasteiger partial charge in [-0.1, -0.05) is 20.8 Å². The van der Waals surface area contributed by atoms with Crippen LogP contribution in [0.3, 0.4) is 0 Å². The van der Waals surface area contributed by atoms with Gasteiger partial charge < -0.3 is 10.1 Å². The molecule has 1 saturated heterocycles. The monoisotopic (exact) mass is 340 g/mol. The van der Waals surface area contributed by atoms with Crippen LogP contribution in [0.25, 0.3) is 0 Å².